The summed E-state index contributed by atoms with van der Waals surface area (Å²) in [6, 6.07) is 16.5. The molecule has 1 N–H and O–H groups in total. The summed E-state index contributed by atoms with van der Waals surface area (Å²) < 4.78 is 16.1. The molecule has 3 rings (SSSR count). The predicted molar refractivity (Wildman–Crippen MR) is 136 cm³/mol. The molecule has 0 radical (unpaired) electrons. The van der Waals surface area contributed by atoms with Crippen LogP contribution < -0.4 is 19.5 Å². The van der Waals surface area contributed by atoms with Crippen molar-refractivity contribution in [2.24, 2.45) is 0 Å². The van der Waals surface area contributed by atoms with Crippen molar-refractivity contribution in [3.8, 4) is 23.3 Å². The third kappa shape index (κ3) is 6.84. The topological polar surface area (TPSA) is 141 Å². The first-order valence-electron chi connectivity index (χ1n) is 10.8. The average Bonchev–Trinajstić information content (AvgIpc) is 2.89. The van der Waals surface area contributed by atoms with Crippen molar-refractivity contribution in [3.63, 3.8) is 0 Å². The largest absolute Gasteiger partial charge is 0.497 e. The van der Waals surface area contributed by atoms with Gasteiger partial charge in [-0.25, -0.2) is 4.79 Å². The number of hydrogen-bond acceptors (Lipinski definition) is 8. The Bertz CT molecular complexity index is 1410. The molecule has 0 unspecified atom stereocenters. The van der Waals surface area contributed by atoms with Crippen LogP contribution in [-0.2, 0) is 4.79 Å². The highest BCUT2D eigenvalue weighted by Gasteiger charge is 2.17. The number of anilines is 1. The fraction of sp³-hybridized carbons (Fsp3) is 0.115. The molecule has 10 nitrogen and oxygen atoms in total. The van der Waals surface area contributed by atoms with Crippen LogP contribution in [-0.4, -0.2) is 30.5 Å². The number of rotatable bonds is 9. The number of amides is 1. The van der Waals surface area contributed by atoms with Crippen LogP contribution in [0.2, 0.25) is 5.02 Å². The number of nitrogens with one attached hydrogen (secondary N) is 1. The molecule has 188 valence electrons. The van der Waals surface area contributed by atoms with Crippen LogP contribution in [0.15, 0.2) is 66.2 Å². The maximum absolute atomic E-state index is 12.6. The van der Waals surface area contributed by atoms with Crippen LogP contribution in [0, 0.1) is 21.4 Å². The highest BCUT2D eigenvalue weighted by molar-refractivity contribution is 6.32. The van der Waals surface area contributed by atoms with Gasteiger partial charge < -0.3 is 19.5 Å². The maximum atomic E-state index is 12.6. The number of nitro benzene ring substituents is 1. The van der Waals surface area contributed by atoms with Gasteiger partial charge in [-0.05, 0) is 67.1 Å². The van der Waals surface area contributed by atoms with E-state index in [4.69, 9.17) is 25.8 Å². The number of halogens is 1. The number of ether oxygens (including phenoxy) is 3. The lowest BCUT2D eigenvalue weighted by atomic mass is 10.1. The molecule has 0 aromatic heterocycles. The number of benzene rings is 3. The van der Waals surface area contributed by atoms with Gasteiger partial charge in [-0.2, -0.15) is 5.26 Å². The minimum atomic E-state index is -0.785. The number of methoxy groups -OCH3 is 1. The molecule has 0 fully saturated rings. The zero-order valence-electron chi connectivity index (χ0n) is 19.7. The van der Waals surface area contributed by atoms with E-state index in [0.29, 0.717) is 16.9 Å². The molecule has 0 aliphatic heterocycles. The molecule has 0 saturated carbocycles. The fourth-order valence-corrected chi connectivity index (χ4v) is 3.28. The van der Waals surface area contributed by atoms with E-state index in [-0.39, 0.29) is 40.1 Å². The van der Waals surface area contributed by atoms with E-state index in [1.807, 2.05) is 0 Å². The third-order valence-electron chi connectivity index (χ3n) is 4.87. The second kappa shape index (κ2) is 12.2. The molecular weight excluding hydrogens is 502 g/mol. The Kier molecular flexibility index (Phi) is 8.81. The third-order valence-corrected chi connectivity index (χ3v) is 5.19. The fourth-order valence-electron chi connectivity index (χ4n) is 3.10. The number of nitrogens with zero attached hydrogens (tertiary/aromatic N) is 2. The first-order valence-corrected chi connectivity index (χ1v) is 11.1. The molecule has 3 aromatic carbocycles. The highest BCUT2D eigenvalue weighted by Crippen LogP contribution is 2.31. The van der Waals surface area contributed by atoms with E-state index in [2.05, 4.69) is 5.32 Å². The van der Waals surface area contributed by atoms with E-state index < -0.39 is 16.8 Å². The van der Waals surface area contributed by atoms with Crippen molar-refractivity contribution < 1.29 is 28.7 Å². The minimum Gasteiger partial charge on any atom is -0.497 e. The quantitative estimate of drug-likeness (QED) is 0.0982. The van der Waals surface area contributed by atoms with E-state index in [9.17, 15) is 25.0 Å². The first kappa shape index (κ1) is 26.7. The first-order chi connectivity index (χ1) is 17.7. The normalized spacial score (nSPS) is 10.7. The van der Waals surface area contributed by atoms with E-state index in [0.717, 1.165) is 6.07 Å². The Hall–Kier alpha value is -4.88. The molecule has 0 bridgehead atoms. The Morgan fingerprint density at radius 1 is 1.11 bits per heavy atom. The van der Waals surface area contributed by atoms with Crippen molar-refractivity contribution in [2.45, 2.75) is 6.92 Å². The van der Waals surface area contributed by atoms with E-state index >= 15 is 0 Å². The summed E-state index contributed by atoms with van der Waals surface area (Å²) in [7, 11) is 1.52. The van der Waals surface area contributed by atoms with Gasteiger partial charge in [0.2, 0.25) is 0 Å². The lowest BCUT2D eigenvalue weighted by molar-refractivity contribution is -0.384. The summed E-state index contributed by atoms with van der Waals surface area (Å²) >= 11 is 5.79. The number of esters is 1. The molecule has 0 aliphatic rings. The minimum absolute atomic E-state index is 0.0877. The Labute approximate surface area is 216 Å². The van der Waals surface area contributed by atoms with Gasteiger partial charge in [-0.15, -0.1) is 0 Å². The standard InChI is InChI=1S/C26H20ClN3O7/c1-3-36-24-13-16(4-11-23(24)37-26(32)17-5-8-20(35-2)9-6-17)12-18(15-28)25(31)29-19-7-10-21(27)22(14-19)30(33)34/h4-14H,3H2,1-2H3,(H,29,31)/b18-12+. The molecule has 0 aliphatic carbocycles. The number of nitriles is 1. The molecule has 0 spiro atoms. The summed E-state index contributed by atoms with van der Waals surface area (Å²) in [4.78, 5) is 35.6. The van der Waals surface area contributed by atoms with Crippen molar-refractivity contribution >= 4 is 40.9 Å². The second-order valence-electron chi connectivity index (χ2n) is 7.30. The lowest BCUT2D eigenvalue weighted by Gasteiger charge is -2.12. The van der Waals surface area contributed by atoms with Crippen LogP contribution >= 0.6 is 11.6 Å². The summed E-state index contributed by atoms with van der Waals surface area (Å²) in [5, 5.41) is 22.9. The zero-order chi connectivity index (χ0) is 26.9. The van der Waals surface area contributed by atoms with Crippen LogP contribution in [0.1, 0.15) is 22.8 Å². The van der Waals surface area contributed by atoms with Gasteiger partial charge in [0.25, 0.3) is 11.6 Å². The average molecular weight is 522 g/mol. The van der Waals surface area contributed by atoms with Crippen LogP contribution in [0.3, 0.4) is 0 Å². The summed E-state index contributed by atoms with van der Waals surface area (Å²) in [6.45, 7) is 2.01. The summed E-state index contributed by atoms with van der Waals surface area (Å²) in [6.07, 6.45) is 1.30. The SMILES string of the molecule is CCOc1cc(/C=C(\C#N)C(=O)Nc2ccc(Cl)c([N+](=O)[O-])c2)ccc1OC(=O)c1ccc(OC)cc1. The van der Waals surface area contributed by atoms with Gasteiger partial charge >= 0.3 is 5.97 Å². The number of carbonyl (C=O) groups is 2. The van der Waals surface area contributed by atoms with Crippen molar-refractivity contribution in [2.75, 3.05) is 19.0 Å². The second-order valence-corrected chi connectivity index (χ2v) is 7.71. The molecular formula is C26H20ClN3O7. The molecule has 0 atom stereocenters. The number of hydrogen-bond donors (Lipinski definition) is 1. The smallest absolute Gasteiger partial charge is 0.343 e. The van der Waals surface area contributed by atoms with Gasteiger partial charge in [0.1, 0.15) is 22.4 Å². The maximum Gasteiger partial charge on any atom is 0.343 e. The Morgan fingerprint density at radius 2 is 1.84 bits per heavy atom. The number of carbonyl (C=O) groups excluding carboxylic acids is 2. The van der Waals surface area contributed by atoms with Gasteiger partial charge in [-0.3, -0.25) is 14.9 Å². The number of nitro groups is 1. The van der Waals surface area contributed by atoms with Gasteiger partial charge in [0.15, 0.2) is 11.5 Å². The predicted octanol–water partition coefficient (Wildman–Crippen LogP) is 5.42. The Balaban J connectivity index is 1.82. The summed E-state index contributed by atoms with van der Waals surface area (Å²) in [5.41, 5.74) is 0.156. The van der Waals surface area contributed by atoms with Gasteiger partial charge in [0, 0.05) is 11.8 Å². The molecule has 1 amide bonds. The van der Waals surface area contributed by atoms with Crippen molar-refractivity contribution in [1.29, 1.82) is 5.26 Å². The van der Waals surface area contributed by atoms with E-state index in [1.54, 1.807) is 37.3 Å². The van der Waals surface area contributed by atoms with Crippen molar-refractivity contribution in [1.82, 2.24) is 0 Å². The zero-order valence-corrected chi connectivity index (χ0v) is 20.4. The van der Waals surface area contributed by atoms with Crippen LogP contribution in [0.4, 0.5) is 11.4 Å². The van der Waals surface area contributed by atoms with Gasteiger partial charge in [-0.1, -0.05) is 17.7 Å². The Morgan fingerprint density at radius 3 is 2.46 bits per heavy atom. The summed E-state index contributed by atoms with van der Waals surface area (Å²) in [5.74, 6) is -0.428. The van der Waals surface area contributed by atoms with Crippen LogP contribution in [0.5, 0.6) is 17.2 Å². The van der Waals surface area contributed by atoms with Crippen molar-refractivity contribution in [3.05, 3.63) is 92.5 Å². The molecule has 0 heterocycles. The monoisotopic (exact) mass is 521 g/mol. The molecule has 3 aromatic rings. The van der Waals surface area contributed by atoms with Gasteiger partial charge in [0.05, 0.1) is 24.2 Å². The molecule has 0 saturated heterocycles. The molecule has 11 heteroatoms. The lowest BCUT2D eigenvalue weighted by Crippen LogP contribution is -2.13. The molecule has 37 heavy (non-hydrogen) atoms. The van der Waals surface area contributed by atoms with E-state index in [1.165, 1.54) is 43.5 Å². The van der Waals surface area contributed by atoms with Crippen LogP contribution in [0.25, 0.3) is 6.08 Å². The highest BCUT2D eigenvalue weighted by atomic mass is 35.5.